The zero-order valence-corrected chi connectivity index (χ0v) is 19.4. The minimum atomic E-state index is 0.577. The van der Waals surface area contributed by atoms with E-state index in [0.717, 1.165) is 27.6 Å². The molecule has 0 N–H and O–H groups in total. The maximum Gasteiger partial charge on any atom is 0.212 e. The summed E-state index contributed by atoms with van der Waals surface area (Å²) >= 11 is 13.8. The third-order valence-electron chi connectivity index (χ3n) is 4.67. The average Bonchev–Trinajstić information content (AvgIpc) is 3.12. The molecule has 3 aromatic carbocycles. The highest BCUT2D eigenvalue weighted by molar-refractivity contribution is 7.98. The molecule has 8 heteroatoms. The van der Waals surface area contributed by atoms with Gasteiger partial charge >= 0.3 is 0 Å². The van der Waals surface area contributed by atoms with Gasteiger partial charge in [-0.25, -0.2) is 0 Å². The molecule has 0 aliphatic carbocycles. The smallest absolute Gasteiger partial charge is 0.212 e. The van der Waals surface area contributed by atoms with Crippen molar-refractivity contribution in [1.29, 1.82) is 0 Å². The summed E-state index contributed by atoms with van der Waals surface area (Å²) in [5, 5.41) is 17.3. The molecule has 4 aromatic rings. The van der Waals surface area contributed by atoms with Crippen molar-refractivity contribution in [1.82, 2.24) is 14.9 Å². The summed E-state index contributed by atoms with van der Waals surface area (Å²) in [6, 6.07) is 17.7. The maximum absolute atomic E-state index is 6.30. The lowest BCUT2D eigenvalue weighted by Crippen LogP contribution is -2.00. The minimum Gasteiger partial charge on any atom is -0.493 e. The van der Waals surface area contributed by atoms with Gasteiger partial charge in [0.15, 0.2) is 5.82 Å². The lowest BCUT2D eigenvalue weighted by Gasteiger charge is -2.10. The summed E-state index contributed by atoms with van der Waals surface area (Å²) in [5.41, 5.74) is 1.89. The van der Waals surface area contributed by atoms with E-state index in [1.807, 2.05) is 50.4 Å². The van der Waals surface area contributed by atoms with E-state index in [9.17, 15) is 0 Å². The summed E-state index contributed by atoms with van der Waals surface area (Å²) in [7, 11) is 0. The molecule has 158 valence electrons. The molecule has 0 saturated carbocycles. The molecule has 1 heterocycles. The fourth-order valence-corrected chi connectivity index (χ4v) is 4.64. The van der Waals surface area contributed by atoms with Crippen molar-refractivity contribution in [3.8, 4) is 5.75 Å². The first-order valence-corrected chi connectivity index (χ1v) is 11.5. The van der Waals surface area contributed by atoms with Gasteiger partial charge in [-0.3, -0.25) is 0 Å². The molecule has 0 saturated heterocycles. The molecule has 1 aromatic heterocycles. The van der Waals surface area contributed by atoms with E-state index < -0.39 is 0 Å². The summed E-state index contributed by atoms with van der Waals surface area (Å²) in [4.78, 5) is 0. The first kappa shape index (κ1) is 21.7. The normalized spacial score (nSPS) is 11.5. The van der Waals surface area contributed by atoms with Crippen molar-refractivity contribution in [3.05, 3.63) is 81.6 Å². The number of fused-ring (bicyclic) bond motifs is 1. The van der Waals surface area contributed by atoms with Crippen LogP contribution in [0.4, 0.5) is 0 Å². The number of aryl methyl sites for hydroxylation is 1. The van der Waals surface area contributed by atoms with Crippen molar-refractivity contribution in [2.75, 3.05) is 6.61 Å². The van der Waals surface area contributed by atoms with E-state index in [0.29, 0.717) is 33.4 Å². The van der Waals surface area contributed by atoms with Crippen molar-refractivity contribution in [2.24, 2.45) is 5.10 Å². The predicted octanol–water partition coefficient (Wildman–Crippen LogP) is 6.62. The number of ether oxygens (including phenoxy) is 1. The number of rotatable bonds is 7. The molecule has 0 bridgehead atoms. The van der Waals surface area contributed by atoms with Gasteiger partial charge in [-0.05, 0) is 48.4 Å². The van der Waals surface area contributed by atoms with E-state index in [-0.39, 0.29) is 0 Å². The fraction of sp³-hybridized carbons (Fsp3) is 0.174. The van der Waals surface area contributed by atoms with Crippen LogP contribution in [0.5, 0.6) is 5.75 Å². The van der Waals surface area contributed by atoms with Gasteiger partial charge in [0.1, 0.15) is 5.75 Å². The quantitative estimate of drug-likeness (QED) is 0.225. The molecule has 4 rings (SSSR count). The number of benzene rings is 3. The second-order valence-corrected chi connectivity index (χ2v) is 8.53. The topological polar surface area (TPSA) is 52.3 Å². The van der Waals surface area contributed by atoms with Crippen LogP contribution >= 0.6 is 35.0 Å². The van der Waals surface area contributed by atoms with Gasteiger partial charge in [0, 0.05) is 21.4 Å². The Balaban J connectivity index is 1.65. The number of halogens is 2. The van der Waals surface area contributed by atoms with Crippen LogP contribution in [-0.2, 0) is 5.75 Å². The molecule has 0 spiro atoms. The predicted molar refractivity (Wildman–Crippen MR) is 129 cm³/mol. The molecular weight excluding hydrogens is 451 g/mol. The monoisotopic (exact) mass is 470 g/mol. The zero-order valence-electron chi connectivity index (χ0n) is 17.0. The second kappa shape index (κ2) is 9.73. The third kappa shape index (κ3) is 4.87. The number of hydrogen-bond donors (Lipinski definition) is 0. The zero-order chi connectivity index (χ0) is 21.8. The van der Waals surface area contributed by atoms with Gasteiger partial charge in [0.25, 0.3) is 0 Å². The highest BCUT2D eigenvalue weighted by Crippen LogP contribution is 2.29. The highest BCUT2D eigenvalue weighted by Gasteiger charge is 2.12. The Morgan fingerprint density at radius 1 is 1.10 bits per heavy atom. The minimum absolute atomic E-state index is 0.577. The highest BCUT2D eigenvalue weighted by atomic mass is 35.5. The van der Waals surface area contributed by atoms with Crippen LogP contribution in [0, 0.1) is 6.92 Å². The van der Waals surface area contributed by atoms with E-state index in [1.54, 1.807) is 10.7 Å². The standard InChI is InChI=1S/C23H20Cl2N4OS/c1-3-30-22-11-9-16-6-4-5-7-19(16)20(22)13-26-29-15(2)27-28-23(29)31-14-17-8-10-18(24)12-21(17)25/h4-13H,3,14H2,1-2H3/b26-13+. The largest absolute Gasteiger partial charge is 0.493 e. The van der Waals surface area contributed by atoms with Gasteiger partial charge in [-0.15, -0.1) is 10.2 Å². The maximum atomic E-state index is 6.30. The molecule has 0 radical (unpaired) electrons. The molecule has 0 aliphatic rings. The van der Waals surface area contributed by atoms with Crippen molar-refractivity contribution >= 4 is 52.0 Å². The summed E-state index contributed by atoms with van der Waals surface area (Å²) < 4.78 is 7.57. The Morgan fingerprint density at radius 2 is 1.94 bits per heavy atom. The molecule has 0 fully saturated rings. The van der Waals surface area contributed by atoms with Crippen molar-refractivity contribution in [3.63, 3.8) is 0 Å². The summed E-state index contributed by atoms with van der Waals surface area (Å²) in [5.74, 6) is 2.11. The molecule has 0 atom stereocenters. The molecule has 5 nitrogen and oxygen atoms in total. The Bertz CT molecular complexity index is 1260. The van der Waals surface area contributed by atoms with Crippen LogP contribution in [-0.4, -0.2) is 27.7 Å². The van der Waals surface area contributed by atoms with Crippen molar-refractivity contribution < 1.29 is 4.74 Å². The molecule has 0 aliphatic heterocycles. The van der Waals surface area contributed by atoms with Gasteiger partial charge in [-0.1, -0.05) is 71.4 Å². The average molecular weight is 471 g/mol. The van der Waals surface area contributed by atoms with Gasteiger partial charge in [0.2, 0.25) is 5.16 Å². The molecule has 0 unspecified atom stereocenters. The SMILES string of the molecule is CCOc1ccc2ccccc2c1/C=N/n1c(C)nnc1SCc1ccc(Cl)cc1Cl. The van der Waals surface area contributed by atoms with E-state index in [2.05, 4.69) is 33.5 Å². The summed E-state index contributed by atoms with van der Waals surface area (Å²) in [6.45, 7) is 4.42. The van der Waals surface area contributed by atoms with Gasteiger partial charge in [-0.2, -0.15) is 9.78 Å². The third-order valence-corrected chi connectivity index (χ3v) is 6.23. The molecule has 31 heavy (non-hydrogen) atoms. The van der Waals surface area contributed by atoms with E-state index in [1.165, 1.54) is 11.8 Å². The summed E-state index contributed by atoms with van der Waals surface area (Å²) in [6.07, 6.45) is 1.81. The van der Waals surface area contributed by atoms with E-state index >= 15 is 0 Å². The van der Waals surface area contributed by atoms with Crippen LogP contribution in [0.15, 0.2) is 64.9 Å². The second-order valence-electron chi connectivity index (χ2n) is 6.74. The van der Waals surface area contributed by atoms with Gasteiger partial charge in [0.05, 0.1) is 12.8 Å². The lowest BCUT2D eigenvalue weighted by molar-refractivity contribution is 0.340. The first-order valence-electron chi connectivity index (χ1n) is 9.74. The van der Waals surface area contributed by atoms with Crippen molar-refractivity contribution in [2.45, 2.75) is 24.8 Å². The van der Waals surface area contributed by atoms with E-state index in [4.69, 9.17) is 27.9 Å². The fourth-order valence-electron chi connectivity index (χ4n) is 3.15. The molecule has 0 amide bonds. The number of thioether (sulfide) groups is 1. The first-order chi connectivity index (χ1) is 15.1. The number of hydrogen-bond acceptors (Lipinski definition) is 5. The van der Waals surface area contributed by atoms with Crippen LogP contribution in [0.3, 0.4) is 0 Å². The van der Waals surface area contributed by atoms with Crippen LogP contribution in [0.2, 0.25) is 10.0 Å². The number of nitrogens with zero attached hydrogens (tertiary/aromatic N) is 4. The Morgan fingerprint density at radius 3 is 2.74 bits per heavy atom. The Labute approximate surface area is 195 Å². The lowest BCUT2D eigenvalue weighted by atomic mass is 10.0. The Kier molecular flexibility index (Phi) is 6.80. The van der Waals surface area contributed by atoms with Crippen LogP contribution in [0.25, 0.3) is 10.8 Å². The molecular formula is C23H20Cl2N4OS. The number of aromatic nitrogens is 3. The van der Waals surface area contributed by atoms with Crippen LogP contribution in [0.1, 0.15) is 23.9 Å². The van der Waals surface area contributed by atoms with Gasteiger partial charge < -0.3 is 4.74 Å². The van der Waals surface area contributed by atoms with Crippen LogP contribution < -0.4 is 4.74 Å². The Hall–Kier alpha value is -2.54.